The largest absolute Gasteiger partial charge is 0.305 e. The highest BCUT2D eigenvalue weighted by Crippen LogP contribution is 1.94. The summed E-state index contributed by atoms with van der Waals surface area (Å²) in [6.45, 7) is 5.70. The Labute approximate surface area is 79.2 Å². The number of hydrogen-bond acceptors (Lipinski definition) is 5. The molecule has 2 N–H and O–H groups in total. The number of hydrogen-bond donors (Lipinski definition) is 1. The van der Waals surface area contributed by atoms with Gasteiger partial charge in [-0.3, -0.25) is 0 Å². The van der Waals surface area contributed by atoms with E-state index < -0.39 is 0 Å². The molecule has 0 spiro atoms. The Morgan fingerprint density at radius 2 is 2.15 bits per heavy atom. The third-order valence-corrected chi connectivity index (χ3v) is 1.78. The maximum Gasteiger partial charge on any atom is 0.0938 e. The molecular formula is C8H19N3O2. The van der Waals surface area contributed by atoms with Crippen molar-refractivity contribution in [2.45, 2.75) is 19.8 Å². The highest BCUT2D eigenvalue weighted by molar-refractivity contribution is 4.58. The summed E-state index contributed by atoms with van der Waals surface area (Å²) in [5.41, 5.74) is 0. The van der Waals surface area contributed by atoms with Crippen molar-refractivity contribution >= 4 is 0 Å². The van der Waals surface area contributed by atoms with E-state index in [9.17, 15) is 4.91 Å². The van der Waals surface area contributed by atoms with Crippen molar-refractivity contribution in [3.63, 3.8) is 0 Å². The Kier molecular flexibility index (Phi) is 9.18. The SMILES string of the molecule is CCCN(CCCON)CCN=O. The van der Waals surface area contributed by atoms with E-state index in [-0.39, 0.29) is 0 Å². The van der Waals surface area contributed by atoms with Gasteiger partial charge in [0.1, 0.15) is 0 Å². The van der Waals surface area contributed by atoms with Gasteiger partial charge in [0.25, 0.3) is 0 Å². The highest BCUT2D eigenvalue weighted by atomic mass is 16.6. The predicted octanol–water partition coefficient (Wildman–Crippen LogP) is 0.745. The lowest BCUT2D eigenvalue weighted by Gasteiger charge is -2.19. The number of nitrogens with zero attached hydrogens (tertiary/aromatic N) is 2. The Morgan fingerprint density at radius 3 is 2.69 bits per heavy atom. The van der Waals surface area contributed by atoms with Crippen LogP contribution in [0.2, 0.25) is 0 Å². The number of rotatable bonds is 9. The molecule has 5 heteroatoms. The number of nitroso groups, excluding NO2 is 1. The summed E-state index contributed by atoms with van der Waals surface area (Å²) in [7, 11) is 0. The summed E-state index contributed by atoms with van der Waals surface area (Å²) in [6, 6.07) is 0. The van der Waals surface area contributed by atoms with Gasteiger partial charge in [0, 0.05) is 13.1 Å². The van der Waals surface area contributed by atoms with Crippen LogP contribution in [-0.2, 0) is 4.84 Å². The zero-order valence-corrected chi connectivity index (χ0v) is 8.24. The molecule has 78 valence electrons. The van der Waals surface area contributed by atoms with Crippen LogP contribution in [0.5, 0.6) is 0 Å². The fourth-order valence-electron chi connectivity index (χ4n) is 1.21. The third-order valence-electron chi connectivity index (χ3n) is 1.78. The van der Waals surface area contributed by atoms with E-state index in [1.807, 2.05) is 0 Å². The lowest BCUT2D eigenvalue weighted by molar-refractivity contribution is 0.123. The van der Waals surface area contributed by atoms with Gasteiger partial charge in [-0.2, -0.15) is 4.91 Å². The second-order valence-electron chi connectivity index (χ2n) is 2.92. The first-order valence-electron chi connectivity index (χ1n) is 4.68. The van der Waals surface area contributed by atoms with Gasteiger partial charge in [-0.15, -0.1) is 0 Å². The van der Waals surface area contributed by atoms with E-state index in [0.29, 0.717) is 13.2 Å². The van der Waals surface area contributed by atoms with E-state index in [4.69, 9.17) is 5.90 Å². The molecule has 0 heterocycles. The molecule has 0 fully saturated rings. The van der Waals surface area contributed by atoms with Crippen LogP contribution in [0.25, 0.3) is 0 Å². The van der Waals surface area contributed by atoms with Crippen molar-refractivity contribution in [2.24, 2.45) is 11.1 Å². The highest BCUT2D eigenvalue weighted by Gasteiger charge is 2.02. The molecule has 0 aliphatic heterocycles. The quantitative estimate of drug-likeness (QED) is 0.330. The van der Waals surface area contributed by atoms with E-state index in [1.54, 1.807) is 0 Å². The molecule has 0 unspecified atom stereocenters. The predicted molar refractivity (Wildman–Crippen MR) is 52.1 cm³/mol. The van der Waals surface area contributed by atoms with Crippen LogP contribution in [-0.4, -0.2) is 37.7 Å². The van der Waals surface area contributed by atoms with Crippen LogP contribution >= 0.6 is 0 Å². The average molecular weight is 189 g/mol. The Bertz CT molecular complexity index is 122. The molecule has 13 heavy (non-hydrogen) atoms. The van der Waals surface area contributed by atoms with Crippen LogP contribution < -0.4 is 5.90 Å². The normalized spacial score (nSPS) is 10.7. The molecule has 0 aromatic heterocycles. The molecule has 0 aromatic carbocycles. The minimum Gasteiger partial charge on any atom is -0.305 e. The van der Waals surface area contributed by atoms with Crippen molar-refractivity contribution < 1.29 is 4.84 Å². The lowest BCUT2D eigenvalue weighted by atomic mass is 10.3. The molecular weight excluding hydrogens is 170 g/mol. The fourth-order valence-corrected chi connectivity index (χ4v) is 1.21. The summed E-state index contributed by atoms with van der Waals surface area (Å²) in [5, 5.41) is 2.84. The lowest BCUT2D eigenvalue weighted by Crippen LogP contribution is -2.29. The molecule has 0 aromatic rings. The van der Waals surface area contributed by atoms with Gasteiger partial charge in [-0.05, 0) is 19.4 Å². The van der Waals surface area contributed by atoms with Crippen molar-refractivity contribution in [1.82, 2.24) is 4.90 Å². The molecule has 0 saturated carbocycles. The van der Waals surface area contributed by atoms with Crippen molar-refractivity contribution in [3.05, 3.63) is 4.91 Å². The molecule has 0 aliphatic rings. The molecule has 0 rings (SSSR count). The van der Waals surface area contributed by atoms with Crippen LogP contribution in [0.1, 0.15) is 19.8 Å². The van der Waals surface area contributed by atoms with Crippen LogP contribution in [0.15, 0.2) is 5.18 Å². The Morgan fingerprint density at radius 1 is 1.38 bits per heavy atom. The summed E-state index contributed by atoms with van der Waals surface area (Å²) >= 11 is 0. The topological polar surface area (TPSA) is 67.9 Å². The summed E-state index contributed by atoms with van der Waals surface area (Å²) in [6.07, 6.45) is 1.98. The molecule has 0 saturated heterocycles. The van der Waals surface area contributed by atoms with Crippen molar-refractivity contribution in [2.75, 3.05) is 32.8 Å². The molecule has 0 aliphatic carbocycles. The molecule has 0 amide bonds. The van der Waals surface area contributed by atoms with Crippen LogP contribution in [0, 0.1) is 4.91 Å². The van der Waals surface area contributed by atoms with E-state index >= 15 is 0 Å². The zero-order chi connectivity index (χ0) is 9.94. The second-order valence-corrected chi connectivity index (χ2v) is 2.92. The van der Waals surface area contributed by atoms with Crippen molar-refractivity contribution in [1.29, 1.82) is 0 Å². The van der Waals surface area contributed by atoms with E-state index in [0.717, 1.165) is 32.5 Å². The van der Waals surface area contributed by atoms with Gasteiger partial charge in [-0.1, -0.05) is 12.1 Å². The monoisotopic (exact) mass is 189 g/mol. The molecule has 0 atom stereocenters. The zero-order valence-electron chi connectivity index (χ0n) is 8.24. The first kappa shape index (κ1) is 12.5. The first-order valence-corrected chi connectivity index (χ1v) is 4.68. The maximum atomic E-state index is 9.92. The van der Waals surface area contributed by atoms with Gasteiger partial charge >= 0.3 is 0 Å². The van der Waals surface area contributed by atoms with Gasteiger partial charge in [0.05, 0.1) is 13.2 Å². The summed E-state index contributed by atoms with van der Waals surface area (Å²) < 4.78 is 0. The fraction of sp³-hybridized carbons (Fsp3) is 1.00. The van der Waals surface area contributed by atoms with Gasteiger partial charge in [-0.25, -0.2) is 5.90 Å². The molecule has 0 bridgehead atoms. The Balaban J connectivity index is 3.46. The second kappa shape index (κ2) is 9.57. The standard InChI is InChI=1S/C8H19N3O2/c1-2-5-11(7-4-10-12)6-3-8-13-9/h2-9H2,1H3. The summed E-state index contributed by atoms with van der Waals surface area (Å²) in [4.78, 5) is 16.6. The maximum absolute atomic E-state index is 9.92. The first-order chi connectivity index (χ1) is 6.35. The summed E-state index contributed by atoms with van der Waals surface area (Å²) in [5.74, 6) is 4.90. The van der Waals surface area contributed by atoms with Gasteiger partial charge < -0.3 is 9.74 Å². The van der Waals surface area contributed by atoms with Crippen LogP contribution in [0.4, 0.5) is 0 Å². The third kappa shape index (κ3) is 7.83. The van der Waals surface area contributed by atoms with Gasteiger partial charge in [0.2, 0.25) is 0 Å². The smallest absolute Gasteiger partial charge is 0.0938 e. The van der Waals surface area contributed by atoms with E-state index in [1.165, 1.54) is 0 Å². The minimum atomic E-state index is 0.365. The Hall–Kier alpha value is -0.520. The van der Waals surface area contributed by atoms with Gasteiger partial charge in [0.15, 0.2) is 0 Å². The average Bonchev–Trinajstić information content (AvgIpc) is 2.14. The molecule has 5 nitrogen and oxygen atoms in total. The molecule has 0 radical (unpaired) electrons. The van der Waals surface area contributed by atoms with Crippen molar-refractivity contribution in [3.8, 4) is 0 Å². The van der Waals surface area contributed by atoms with Crippen LogP contribution in [0.3, 0.4) is 0 Å². The minimum absolute atomic E-state index is 0.365. The number of nitrogens with two attached hydrogens (primary N) is 1. The van der Waals surface area contributed by atoms with E-state index in [2.05, 4.69) is 21.8 Å².